The molecule has 7 aromatic rings. The van der Waals surface area contributed by atoms with E-state index in [-0.39, 0.29) is 5.41 Å². The minimum Gasteiger partial charge on any atom is -0.268 e. The number of hydrogen-bond acceptors (Lipinski definition) is 7. The Bertz CT molecular complexity index is 2980. The van der Waals surface area contributed by atoms with Crippen molar-refractivity contribution in [1.29, 1.82) is 0 Å². The summed E-state index contributed by atoms with van der Waals surface area (Å²) in [6.45, 7) is 24.7. The van der Waals surface area contributed by atoms with Gasteiger partial charge in [0, 0.05) is 46.6 Å². The molecule has 0 N–H and O–H groups in total. The van der Waals surface area contributed by atoms with Crippen LogP contribution < -0.4 is 9.80 Å². The molecule has 57 heavy (non-hydrogen) atoms. The molecule has 288 valence electrons. The van der Waals surface area contributed by atoms with Gasteiger partial charge in [0.15, 0.2) is 0 Å². The Morgan fingerprint density at radius 3 is 1.42 bits per heavy atom. The van der Waals surface area contributed by atoms with E-state index in [2.05, 4.69) is 32.9 Å². The van der Waals surface area contributed by atoms with Gasteiger partial charge in [-0.1, -0.05) is 41.5 Å². The summed E-state index contributed by atoms with van der Waals surface area (Å²) in [6, 6.07) is 15.6. The fourth-order valence-corrected chi connectivity index (χ4v) is 12.5. The average molecular weight is 809 g/mol. The largest absolute Gasteiger partial charge is 0.268 e. The van der Waals surface area contributed by atoms with Crippen molar-refractivity contribution in [2.45, 2.75) is 93.9 Å². The summed E-state index contributed by atoms with van der Waals surface area (Å²) in [5.41, 5.74) is 9.07. The van der Waals surface area contributed by atoms with Crippen molar-refractivity contribution < 1.29 is 19.2 Å². The first kappa shape index (κ1) is 37.6. The molecule has 0 unspecified atom stereocenters. The van der Waals surface area contributed by atoms with Gasteiger partial charge in [-0.3, -0.25) is 19.2 Å². The fourth-order valence-electron chi connectivity index (χ4n) is 8.44. The molecule has 9 rings (SSSR count). The predicted molar refractivity (Wildman–Crippen MR) is 239 cm³/mol. The van der Waals surface area contributed by atoms with E-state index >= 15 is 14.4 Å². The van der Waals surface area contributed by atoms with Crippen LogP contribution in [0.25, 0.3) is 40.0 Å². The van der Waals surface area contributed by atoms with E-state index in [0.29, 0.717) is 55.5 Å². The number of amides is 4. The maximum absolute atomic E-state index is 15.3. The van der Waals surface area contributed by atoms with E-state index < -0.39 is 29.0 Å². The van der Waals surface area contributed by atoms with Crippen LogP contribution in [-0.4, -0.2) is 23.6 Å². The molecule has 3 aromatic heterocycles. The molecule has 5 heterocycles. The lowest BCUT2D eigenvalue weighted by atomic mass is 9.75. The van der Waals surface area contributed by atoms with E-state index in [1.54, 1.807) is 34.0 Å². The third-order valence-corrected chi connectivity index (χ3v) is 16.3. The van der Waals surface area contributed by atoms with Crippen LogP contribution in [0.15, 0.2) is 48.5 Å². The van der Waals surface area contributed by atoms with Crippen molar-refractivity contribution in [2.75, 3.05) is 9.80 Å². The van der Waals surface area contributed by atoms with E-state index in [4.69, 9.17) is 0 Å². The maximum Gasteiger partial charge on any atom is 0.266 e. The number of fused-ring (bicyclic) bond motifs is 3. The smallest absolute Gasteiger partial charge is 0.266 e. The van der Waals surface area contributed by atoms with Crippen LogP contribution in [0.2, 0.25) is 0 Å². The zero-order valence-electron chi connectivity index (χ0n) is 34.4. The van der Waals surface area contributed by atoms with Crippen LogP contribution in [0, 0.1) is 41.5 Å². The Balaban J connectivity index is 1.39. The Hall–Kier alpha value is -4.96. The van der Waals surface area contributed by atoms with Gasteiger partial charge in [-0.2, -0.15) is 0 Å². The summed E-state index contributed by atoms with van der Waals surface area (Å²) >= 11 is 5.15. The molecule has 9 heteroatoms. The van der Waals surface area contributed by atoms with Crippen LogP contribution in [0.5, 0.6) is 0 Å². The minimum atomic E-state index is -0.601. The van der Waals surface area contributed by atoms with Gasteiger partial charge >= 0.3 is 0 Å². The highest BCUT2D eigenvalue weighted by atomic mass is 32.1. The molecule has 4 aromatic carbocycles. The number of aryl methyl sites for hydroxylation is 4. The lowest BCUT2D eigenvalue weighted by molar-refractivity contribution is 0.0872. The second-order valence-corrected chi connectivity index (χ2v) is 21.1. The molecule has 2 aliphatic rings. The Kier molecular flexibility index (Phi) is 8.10. The summed E-state index contributed by atoms with van der Waals surface area (Å²) in [5.74, 6) is -1.86. The maximum atomic E-state index is 15.3. The molecule has 0 saturated carbocycles. The van der Waals surface area contributed by atoms with Crippen LogP contribution >= 0.6 is 34.0 Å². The number of imide groups is 2. The van der Waals surface area contributed by atoms with Gasteiger partial charge in [-0.15, -0.1) is 34.0 Å². The number of carbonyl (C=O) groups excluding carboxylic acids is 4. The predicted octanol–water partition coefficient (Wildman–Crippen LogP) is 13.0. The molecular weight excluding hydrogens is 765 g/mol. The third-order valence-electron chi connectivity index (χ3n) is 12.1. The first-order valence-corrected chi connectivity index (χ1v) is 21.7. The highest BCUT2D eigenvalue weighted by molar-refractivity contribution is 7.39. The molecule has 0 aliphatic carbocycles. The fraction of sp³-hybridized carbons (Fsp3) is 0.292. The van der Waals surface area contributed by atoms with E-state index in [1.807, 2.05) is 98.7 Å². The zero-order valence-corrected chi connectivity index (χ0v) is 36.8. The van der Waals surface area contributed by atoms with Crippen LogP contribution in [0.4, 0.5) is 11.4 Å². The SMILES string of the molecule is Cc1cc(N2C(=O)c3cc(C(C)(C)C)c4c5c(cc(-c6cc7sc8cc(C(C)(C)C)sc8c7s6)c(c35)C2=O)C(=O)N(c2cc(C)c(C)c(C)c2)C4=O)cc(C)c1C. The summed E-state index contributed by atoms with van der Waals surface area (Å²) in [4.78, 5) is 65.1. The Morgan fingerprint density at radius 1 is 0.456 bits per heavy atom. The van der Waals surface area contributed by atoms with Gasteiger partial charge in [0.2, 0.25) is 0 Å². The Morgan fingerprint density at radius 2 is 0.912 bits per heavy atom. The normalized spacial score (nSPS) is 14.7. The summed E-state index contributed by atoms with van der Waals surface area (Å²) in [6.07, 6.45) is 0. The lowest BCUT2D eigenvalue weighted by Crippen LogP contribution is -2.45. The standard InChI is InChI=1S/C48H44N2O4S3/c1-21-13-27(14-22(2)25(21)5)49-44(52)31-18-32(47(7,8)9)40-38-30(43(51)50(46(40)54)28-15-23(3)26(6)24(4)16-28)17-29(39(37(31)38)45(49)53)33-19-34-41(56-33)42-35(55-34)20-36(57-42)48(10,11)12/h13-20H,1-12H3. The topological polar surface area (TPSA) is 74.8 Å². The molecule has 0 bridgehead atoms. The first-order chi connectivity index (χ1) is 26.7. The number of thiophene rings is 3. The van der Waals surface area contributed by atoms with Crippen molar-refractivity contribution in [3.05, 3.63) is 115 Å². The number of nitrogens with zero attached hydrogens (tertiary/aromatic N) is 2. The summed E-state index contributed by atoms with van der Waals surface area (Å²) in [5, 5.41) is 0.761. The van der Waals surface area contributed by atoms with Crippen LogP contribution in [-0.2, 0) is 10.8 Å². The highest BCUT2D eigenvalue weighted by Gasteiger charge is 2.45. The van der Waals surface area contributed by atoms with E-state index in [1.165, 1.54) is 24.1 Å². The van der Waals surface area contributed by atoms with Crippen molar-refractivity contribution in [3.63, 3.8) is 0 Å². The molecule has 0 saturated heterocycles. The van der Waals surface area contributed by atoms with Gasteiger partial charge in [-0.25, -0.2) is 9.80 Å². The number of carbonyl (C=O) groups is 4. The lowest BCUT2D eigenvalue weighted by Gasteiger charge is -2.36. The number of hydrogen-bond donors (Lipinski definition) is 0. The molecule has 0 spiro atoms. The molecule has 0 atom stereocenters. The third kappa shape index (κ3) is 5.38. The molecule has 0 fully saturated rings. The van der Waals surface area contributed by atoms with Crippen molar-refractivity contribution in [2.24, 2.45) is 0 Å². The minimum absolute atomic E-state index is 0.00825. The molecule has 0 radical (unpaired) electrons. The van der Waals surface area contributed by atoms with Crippen molar-refractivity contribution in [1.82, 2.24) is 0 Å². The van der Waals surface area contributed by atoms with E-state index in [9.17, 15) is 4.79 Å². The van der Waals surface area contributed by atoms with Gasteiger partial charge < -0.3 is 0 Å². The van der Waals surface area contributed by atoms with Crippen LogP contribution in [0.1, 0.15) is 127 Å². The Labute approximate surface area is 344 Å². The van der Waals surface area contributed by atoms with Crippen molar-refractivity contribution >= 4 is 98.6 Å². The van der Waals surface area contributed by atoms with Gasteiger partial charge in [0.1, 0.15) is 0 Å². The second kappa shape index (κ2) is 12.3. The number of benzene rings is 4. The van der Waals surface area contributed by atoms with Gasteiger partial charge in [0.05, 0.1) is 31.9 Å². The second-order valence-electron chi connectivity index (χ2n) is 18.0. The monoisotopic (exact) mass is 808 g/mol. The average Bonchev–Trinajstić information content (AvgIpc) is 3.81. The van der Waals surface area contributed by atoms with Gasteiger partial charge in [0.25, 0.3) is 23.6 Å². The summed E-state index contributed by atoms with van der Waals surface area (Å²) in [7, 11) is 0. The number of rotatable bonds is 3. The van der Waals surface area contributed by atoms with Crippen LogP contribution in [0.3, 0.4) is 0 Å². The molecular formula is C48H44N2O4S3. The zero-order chi connectivity index (χ0) is 40.9. The van der Waals surface area contributed by atoms with Crippen molar-refractivity contribution in [3.8, 4) is 10.4 Å². The van der Waals surface area contributed by atoms with E-state index in [0.717, 1.165) is 47.7 Å². The quantitative estimate of drug-likeness (QED) is 0.167. The first-order valence-electron chi connectivity index (χ1n) is 19.3. The summed E-state index contributed by atoms with van der Waals surface area (Å²) < 4.78 is 4.71. The molecule has 2 aliphatic heterocycles. The number of anilines is 2. The molecule has 6 nitrogen and oxygen atoms in total. The molecule has 4 amide bonds. The van der Waals surface area contributed by atoms with Gasteiger partial charge in [-0.05, 0) is 140 Å². The highest BCUT2D eigenvalue weighted by Crippen LogP contribution is 2.52.